The van der Waals surface area contributed by atoms with E-state index in [0.29, 0.717) is 13.0 Å². The summed E-state index contributed by atoms with van der Waals surface area (Å²) in [5.74, 6) is -0.314. The highest BCUT2D eigenvalue weighted by Gasteiger charge is 2.29. The smallest absolute Gasteiger partial charge is 0.252 e. The van der Waals surface area contributed by atoms with Crippen molar-refractivity contribution in [1.82, 2.24) is 5.32 Å². The van der Waals surface area contributed by atoms with Gasteiger partial charge in [0.25, 0.3) is 5.91 Å². The Bertz CT molecular complexity index is 572. The molecule has 1 aromatic rings. The number of hydrogen-bond donors (Lipinski definition) is 1. The quantitative estimate of drug-likeness (QED) is 0.565. The number of fused-ring (bicyclic) bond motifs is 1. The van der Waals surface area contributed by atoms with Gasteiger partial charge in [-0.3, -0.25) is 4.79 Å². The number of hydrogen-bond acceptors (Lipinski definition) is 3. The third-order valence-electron chi connectivity index (χ3n) is 2.80. The lowest BCUT2D eigenvalue weighted by Crippen LogP contribution is -2.34. The van der Waals surface area contributed by atoms with Crippen LogP contribution in [0.5, 0.6) is 0 Å². The molecule has 0 saturated heterocycles. The summed E-state index contributed by atoms with van der Waals surface area (Å²) >= 11 is 9.31. The molecule has 112 valence electrons. The summed E-state index contributed by atoms with van der Waals surface area (Å²) in [6.45, 7) is 2.07. The molecule has 0 aliphatic carbocycles. The SMILES string of the molecule is BrC(Br)Br.CC1CCNC(=O)c2ccccc2S1(=O)=O. The molecule has 0 saturated carbocycles. The lowest BCUT2D eigenvalue weighted by molar-refractivity contribution is 0.0949. The van der Waals surface area contributed by atoms with E-state index in [0.717, 1.165) is 0 Å². The molecule has 2 rings (SSSR count). The minimum Gasteiger partial charge on any atom is -0.352 e. The van der Waals surface area contributed by atoms with Crippen LogP contribution in [0, 0.1) is 0 Å². The summed E-state index contributed by atoms with van der Waals surface area (Å²) in [6.07, 6.45) is 0.447. The van der Waals surface area contributed by atoms with E-state index in [1.807, 2.05) is 0 Å². The maximum Gasteiger partial charge on any atom is 0.252 e. The average molecular weight is 492 g/mol. The summed E-state index contributed by atoms with van der Waals surface area (Å²) in [7, 11) is -3.37. The largest absolute Gasteiger partial charge is 0.352 e. The molecule has 20 heavy (non-hydrogen) atoms. The molecule has 1 aliphatic rings. The van der Waals surface area contributed by atoms with Gasteiger partial charge in [0.05, 0.1) is 15.7 Å². The Kier molecular flexibility index (Phi) is 7.17. The van der Waals surface area contributed by atoms with Gasteiger partial charge in [-0.15, -0.1) is 0 Å². The van der Waals surface area contributed by atoms with Crippen LogP contribution in [0.15, 0.2) is 29.2 Å². The highest BCUT2D eigenvalue weighted by molar-refractivity contribution is 9.38. The van der Waals surface area contributed by atoms with Crippen LogP contribution in [0.3, 0.4) is 0 Å². The number of carbonyl (C=O) groups excluding carboxylic acids is 1. The van der Waals surface area contributed by atoms with E-state index in [9.17, 15) is 13.2 Å². The van der Waals surface area contributed by atoms with Gasteiger partial charge in [0, 0.05) is 6.54 Å². The Morgan fingerprint density at radius 3 is 2.40 bits per heavy atom. The first kappa shape index (κ1) is 18.1. The summed E-state index contributed by atoms with van der Waals surface area (Å²) in [4.78, 5) is 11.8. The van der Waals surface area contributed by atoms with E-state index < -0.39 is 15.1 Å². The van der Waals surface area contributed by atoms with Gasteiger partial charge in [-0.25, -0.2) is 8.42 Å². The van der Waals surface area contributed by atoms with E-state index in [1.165, 1.54) is 6.07 Å². The predicted octanol–water partition coefficient (Wildman–Crippen LogP) is 3.44. The first-order valence-corrected chi connectivity index (χ1v) is 10.1. The van der Waals surface area contributed by atoms with Gasteiger partial charge in [-0.1, -0.05) is 59.9 Å². The van der Waals surface area contributed by atoms with Crippen LogP contribution < -0.4 is 5.32 Å². The van der Waals surface area contributed by atoms with E-state index in [-0.39, 0.29) is 19.0 Å². The summed E-state index contributed by atoms with van der Waals surface area (Å²) in [5.41, 5.74) is 0.244. The van der Waals surface area contributed by atoms with Crippen molar-refractivity contribution in [2.75, 3.05) is 6.54 Å². The summed E-state index contributed by atoms with van der Waals surface area (Å²) < 4.78 is 24.6. The second-order valence-electron chi connectivity index (χ2n) is 4.14. The Labute approximate surface area is 144 Å². The first-order valence-electron chi connectivity index (χ1n) is 5.80. The fourth-order valence-electron chi connectivity index (χ4n) is 1.76. The average Bonchev–Trinajstić information content (AvgIpc) is 2.36. The molecule has 0 fully saturated rings. The third kappa shape index (κ3) is 4.82. The second-order valence-corrected chi connectivity index (χ2v) is 12.9. The zero-order valence-electron chi connectivity index (χ0n) is 10.6. The van der Waals surface area contributed by atoms with Crippen molar-refractivity contribution >= 4 is 63.5 Å². The third-order valence-corrected chi connectivity index (χ3v) is 5.07. The van der Waals surface area contributed by atoms with Gasteiger partial charge in [-0.2, -0.15) is 0 Å². The van der Waals surface area contributed by atoms with Crippen LogP contribution in [-0.4, -0.2) is 28.8 Å². The second kappa shape index (κ2) is 7.91. The minimum atomic E-state index is -3.37. The fraction of sp³-hybridized carbons (Fsp3) is 0.417. The van der Waals surface area contributed by atoms with Crippen molar-refractivity contribution in [2.24, 2.45) is 0 Å². The van der Waals surface area contributed by atoms with E-state index >= 15 is 0 Å². The van der Waals surface area contributed by atoms with Crippen molar-refractivity contribution in [3.05, 3.63) is 29.8 Å². The van der Waals surface area contributed by atoms with E-state index in [1.54, 1.807) is 25.1 Å². The van der Waals surface area contributed by atoms with E-state index in [4.69, 9.17) is 0 Å². The molecule has 1 aromatic carbocycles. The molecule has 0 bridgehead atoms. The lowest BCUT2D eigenvalue weighted by atomic mass is 10.2. The molecule has 0 spiro atoms. The van der Waals surface area contributed by atoms with Crippen molar-refractivity contribution in [3.63, 3.8) is 0 Å². The number of nitrogens with one attached hydrogen (secondary N) is 1. The summed E-state index contributed by atoms with van der Waals surface area (Å²) in [6, 6.07) is 6.34. The monoisotopic (exact) mass is 489 g/mol. The molecular formula is C12H14Br3NO3S. The number of carbonyl (C=O) groups is 1. The minimum absolute atomic E-state index is 0.139. The molecule has 1 N–H and O–H groups in total. The first-order chi connectivity index (χ1) is 9.26. The van der Waals surface area contributed by atoms with Crippen LogP contribution >= 0.6 is 47.8 Å². The van der Waals surface area contributed by atoms with Gasteiger partial charge in [-0.05, 0) is 25.5 Å². The number of benzene rings is 1. The maximum absolute atomic E-state index is 12.1. The lowest BCUT2D eigenvalue weighted by Gasteiger charge is -2.19. The van der Waals surface area contributed by atoms with Crippen LogP contribution in [-0.2, 0) is 9.84 Å². The van der Waals surface area contributed by atoms with Gasteiger partial charge in [0.1, 0.15) is 2.65 Å². The Morgan fingerprint density at radius 2 is 1.80 bits per heavy atom. The number of alkyl halides is 3. The predicted molar refractivity (Wildman–Crippen MR) is 90.6 cm³/mol. The Balaban J connectivity index is 0.000000444. The Morgan fingerprint density at radius 1 is 1.25 bits per heavy atom. The number of amides is 1. The van der Waals surface area contributed by atoms with E-state index in [2.05, 4.69) is 53.1 Å². The van der Waals surface area contributed by atoms with Gasteiger partial charge in [0.15, 0.2) is 9.84 Å². The fourth-order valence-corrected chi connectivity index (χ4v) is 3.36. The normalized spacial score (nSPS) is 20.9. The molecule has 1 amide bonds. The van der Waals surface area contributed by atoms with Crippen LogP contribution in [0.25, 0.3) is 0 Å². The molecule has 4 nitrogen and oxygen atoms in total. The van der Waals surface area contributed by atoms with Crippen molar-refractivity contribution in [2.45, 2.75) is 26.1 Å². The molecule has 0 radical (unpaired) electrons. The van der Waals surface area contributed by atoms with Crippen molar-refractivity contribution in [3.8, 4) is 0 Å². The zero-order valence-corrected chi connectivity index (χ0v) is 16.2. The zero-order chi connectivity index (χ0) is 15.3. The molecule has 1 unspecified atom stereocenters. The maximum atomic E-state index is 12.1. The van der Waals surface area contributed by atoms with Gasteiger partial charge >= 0.3 is 0 Å². The van der Waals surface area contributed by atoms with Crippen LogP contribution in [0.1, 0.15) is 23.7 Å². The number of halogens is 3. The number of sulfone groups is 1. The molecule has 0 aromatic heterocycles. The summed E-state index contributed by atoms with van der Waals surface area (Å²) in [5, 5.41) is 2.24. The molecule has 1 aliphatic heterocycles. The topological polar surface area (TPSA) is 63.2 Å². The van der Waals surface area contributed by atoms with Crippen molar-refractivity contribution in [1.29, 1.82) is 0 Å². The molecular weight excluding hydrogens is 478 g/mol. The van der Waals surface area contributed by atoms with Crippen LogP contribution in [0.4, 0.5) is 0 Å². The van der Waals surface area contributed by atoms with Crippen LogP contribution in [0.2, 0.25) is 0 Å². The van der Waals surface area contributed by atoms with Gasteiger partial charge in [0.2, 0.25) is 0 Å². The standard InChI is InChI=1S/C11H13NO3S.CHBr3/c1-8-6-7-12-11(13)9-4-2-3-5-10(9)16(8,14)15;2-1(3)4/h2-5,8H,6-7H2,1H3,(H,12,13);1H. The highest BCUT2D eigenvalue weighted by Crippen LogP contribution is 2.23. The van der Waals surface area contributed by atoms with Gasteiger partial charge < -0.3 is 5.32 Å². The molecule has 1 heterocycles. The molecule has 1 atom stereocenters. The highest BCUT2D eigenvalue weighted by atomic mass is 80.0. The Hall–Kier alpha value is 0.0800. The molecule has 8 heteroatoms. The number of rotatable bonds is 0. The van der Waals surface area contributed by atoms with Crippen molar-refractivity contribution < 1.29 is 13.2 Å².